The van der Waals surface area contributed by atoms with Crippen LogP contribution < -0.4 is 10.6 Å². The lowest BCUT2D eigenvalue weighted by atomic mass is 9.98. The van der Waals surface area contributed by atoms with Crippen LogP contribution in [0.5, 0.6) is 0 Å². The van der Waals surface area contributed by atoms with Gasteiger partial charge in [0, 0.05) is 12.6 Å². The number of carbonyl (C=O) groups is 1. The van der Waals surface area contributed by atoms with Crippen molar-refractivity contribution in [3.63, 3.8) is 0 Å². The van der Waals surface area contributed by atoms with Crippen molar-refractivity contribution < 1.29 is 4.79 Å². The summed E-state index contributed by atoms with van der Waals surface area (Å²) in [6.07, 6.45) is 5.47. The van der Waals surface area contributed by atoms with Crippen molar-refractivity contribution >= 4 is 5.91 Å². The van der Waals surface area contributed by atoms with E-state index in [1.807, 2.05) is 6.07 Å². The first-order chi connectivity index (χ1) is 9.31. The van der Waals surface area contributed by atoms with Crippen molar-refractivity contribution in [2.75, 3.05) is 6.54 Å². The maximum absolute atomic E-state index is 11.9. The first kappa shape index (κ1) is 14.1. The van der Waals surface area contributed by atoms with Crippen LogP contribution in [0.3, 0.4) is 0 Å². The first-order valence-corrected chi connectivity index (χ1v) is 7.40. The molecule has 0 spiro atoms. The van der Waals surface area contributed by atoms with Gasteiger partial charge in [0.25, 0.3) is 0 Å². The Labute approximate surface area is 115 Å². The maximum Gasteiger partial charge on any atom is 0.237 e. The smallest absolute Gasteiger partial charge is 0.237 e. The summed E-state index contributed by atoms with van der Waals surface area (Å²) in [5.74, 6) is 0.156. The van der Waals surface area contributed by atoms with E-state index in [4.69, 9.17) is 0 Å². The monoisotopic (exact) mass is 260 g/mol. The lowest BCUT2D eigenvalue weighted by Gasteiger charge is -2.28. The molecule has 2 N–H and O–H groups in total. The highest BCUT2D eigenvalue weighted by Crippen LogP contribution is 2.21. The van der Waals surface area contributed by atoms with Crippen LogP contribution in [0.1, 0.15) is 50.6 Å². The van der Waals surface area contributed by atoms with Crippen molar-refractivity contribution in [2.45, 2.75) is 51.1 Å². The van der Waals surface area contributed by atoms with Gasteiger partial charge in [0.05, 0.1) is 6.04 Å². The zero-order chi connectivity index (χ0) is 13.5. The van der Waals surface area contributed by atoms with Crippen molar-refractivity contribution in [2.24, 2.45) is 0 Å². The number of unbranched alkanes of at least 4 members (excludes halogenated alkanes) is 1. The van der Waals surface area contributed by atoms with Crippen LogP contribution in [0.2, 0.25) is 0 Å². The summed E-state index contributed by atoms with van der Waals surface area (Å²) >= 11 is 0. The topological polar surface area (TPSA) is 41.1 Å². The van der Waals surface area contributed by atoms with Gasteiger partial charge >= 0.3 is 0 Å². The molecule has 1 aliphatic heterocycles. The van der Waals surface area contributed by atoms with E-state index in [1.165, 1.54) is 18.4 Å². The summed E-state index contributed by atoms with van der Waals surface area (Å²) in [6.45, 7) is 3.03. The van der Waals surface area contributed by atoms with Crippen LogP contribution in [0.15, 0.2) is 30.3 Å². The van der Waals surface area contributed by atoms with E-state index in [9.17, 15) is 4.79 Å². The molecule has 0 bridgehead atoms. The molecule has 0 saturated carbocycles. The van der Waals surface area contributed by atoms with E-state index in [-0.39, 0.29) is 18.0 Å². The Kier molecular flexibility index (Phi) is 5.40. The SMILES string of the molecule is CCCCC(NC1CCCNC1=O)c1ccccc1. The van der Waals surface area contributed by atoms with Crippen LogP contribution in [0.4, 0.5) is 0 Å². The summed E-state index contributed by atoms with van der Waals surface area (Å²) in [7, 11) is 0. The summed E-state index contributed by atoms with van der Waals surface area (Å²) in [4.78, 5) is 11.9. The van der Waals surface area contributed by atoms with E-state index >= 15 is 0 Å². The van der Waals surface area contributed by atoms with Crippen LogP contribution >= 0.6 is 0 Å². The Bertz CT molecular complexity index is 391. The van der Waals surface area contributed by atoms with E-state index < -0.39 is 0 Å². The normalized spacial score (nSPS) is 20.9. The van der Waals surface area contributed by atoms with Gasteiger partial charge in [0.15, 0.2) is 0 Å². The fraction of sp³-hybridized carbons (Fsp3) is 0.562. The predicted octanol–water partition coefficient (Wildman–Crippen LogP) is 2.79. The van der Waals surface area contributed by atoms with Crippen molar-refractivity contribution in [3.05, 3.63) is 35.9 Å². The number of benzene rings is 1. The molecular weight excluding hydrogens is 236 g/mol. The second-order valence-corrected chi connectivity index (χ2v) is 5.26. The summed E-state index contributed by atoms with van der Waals surface area (Å²) < 4.78 is 0. The minimum absolute atomic E-state index is 0.0317. The molecule has 1 saturated heterocycles. The quantitative estimate of drug-likeness (QED) is 0.826. The highest BCUT2D eigenvalue weighted by atomic mass is 16.2. The van der Waals surface area contributed by atoms with Crippen molar-refractivity contribution in [1.29, 1.82) is 0 Å². The van der Waals surface area contributed by atoms with Gasteiger partial charge in [-0.05, 0) is 24.8 Å². The molecule has 0 aromatic heterocycles. The Morgan fingerprint density at radius 3 is 2.84 bits per heavy atom. The first-order valence-electron chi connectivity index (χ1n) is 7.40. The summed E-state index contributed by atoms with van der Waals surface area (Å²) in [6, 6.07) is 10.7. The molecule has 2 unspecified atom stereocenters. The molecule has 104 valence electrons. The second-order valence-electron chi connectivity index (χ2n) is 5.26. The number of piperidine rings is 1. The molecule has 19 heavy (non-hydrogen) atoms. The highest BCUT2D eigenvalue weighted by Gasteiger charge is 2.24. The molecule has 1 heterocycles. The van der Waals surface area contributed by atoms with Crippen molar-refractivity contribution in [3.8, 4) is 0 Å². The summed E-state index contributed by atoms with van der Waals surface area (Å²) in [5.41, 5.74) is 1.29. The van der Waals surface area contributed by atoms with E-state index in [0.29, 0.717) is 0 Å². The van der Waals surface area contributed by atoms with Crippen LogP contribution in [-0.4, -0.2) is 18.5 Å². The standard InChI is InChI=1S/C16H24N2O/c1-2-3-10-14(13-8-5-4-6-9-13)18-15-11-7-12-17-16(15)19/h4-6,8-9,14-15,18H,2-3,7,10-12H2,1H3,(H,17,19). The number of amides is 1. The molecule has 3 heteroatoms. The Hall–Kier alpha value is -1.35. The highest BCUT2D eigenvalue weighted by molar-refractivity contribution is 5.82. The minimum Gasteiger partial charge on any atom is -0.355 e. The van der Waals surface area contributed by atoms with Gasteiger partial charge in [-0.3, -0.25) is 10.1 Å². The predicted molar refractivity (Wildman–Crippen MR) is 77.9 cm³/mol. The van der Waals surface area contributed by atoms with Gasteiger partial charge in [-0.15, -0.1) is 0 Å². The third kappa shape index (κ3) is 4.06. The summed E-state index contributed by atoms with van der Waals surface area (Å²) in [5, 5.41) is 6.49. The zero-order valence-electron chi connectivity index (χ0n) is 11.7. The van der Waals surface area contributed by atoms with Crippen molar-refractivity contribution in [1.82, 2.24) is 10.6 Å². The Morgan fingerprint density at radius 2 is 2.16 bits per heavy atom. The number of nitrogens with one attached hydrogen (secondary N) is 2. The maximum atomic E-state index is 11.9. The van der Waals surface area contributed by atoms with Gasteiger partial charge in [-0.25, -0.2) is 0 Å². The molecule has 1 aromatic carbocycles. The number of rotatable bonds is 6. The average molecular weight is 260 g/mol. The van der Waals surface area contributed by atoms with Crippen LogP contribution in [0.25, 0.3) is 0 Å². The average Bonchev–Trinajstić information content (AvgIpc) is 2.46. The molecule has 1 amide bonds. The molecule has 3 nitrogen and oxygen atoms in total. The fourth-order valence-electron chi connectivity index (χ4n) is 2.61. The Balaban J connectivity index is 2.03. The second kappa shape index (κ2) is 7.29. The molecule has 0 radical (unpaired) electrons. The molecular formula is C16H24N2O. The molecule has 1 aliphatic rings. The van der Waals surface area contributed by atoms with Gasteiger partial charge in [0.1, 0.15) is 0 Å². The number of hydrogen-bond donors (Lipinski definition) is 2. The molecule has 1 aromatic rings. The molecule has 0 aliphatic carbocycles. The largest absolute Gasteiger partial charge is 0.355 e. The van der Waals surface area contributed by atoms with Crippen LogP contribution in [0, 0.1) is 0 Å². The van der Waals surface area contributed by atoms with E-state index in [2.05, 4.69) is 41.8 Å². The van der Waals surface area contributed by atoms with E-state index in [0.717, 1.165) is 25.8 Å². The van der Waals surface area contributed by atoms with E-state index in [1.54, 1.807) is 0 Å². The lowest BCUT2D eigenvalue weighted by Crippen LogP contribution is -2.49. The Morgan fingerprint density at radius 1 is 1.37 bits per heavy atom. The molecule has 1 fully saturated rings. The minimum atomic E-state index is -0.0317. The third-order valence-corrected chi connectivity index (χ3v) is 3.74. The van der Waals surface area contributed by atoms with Gasteiger partial charge in [0.2, 0.25) is 5.91 Å². The van der Waals surface area contributed by atoms with Crippen LogP contribution in [-0.2, 0) is 4.79 Å². The lowest BCUT2D eigenvalue weighted by molar-refractivity contribution is -0.124. The third-order valence-electron chi connectivity index (χ3n) is 3.74. The molecule has 2 rings (SSSR count). The van der Waals surface area contributed by atoms with Gasteiger partial charge < -0.3 is 5.32 Å². The fourth-order valence-corrected chi connectivity index (χ4v) is 2.61. The zero-order valence-corrected chi connectivity index (χ0v) is 11.7. The number of hydrogen-bond acceptors (Lipinski definition) is 2. The van der Waals surface area contributed by atoms with Gasteiger partial charge in [-0.1, -0.05) is 50.1 Å². The molecule has 2 atom stereocenters. The number of carbonyl (C=O) groups excluding carboxylic acids is 1. The van der Waals surface area contributed by atoms with Gasteiger partial charge in [-0.2, -0.15) is 0 Å².